The number of carbonyl (C=O) groups is 2. The topological polar surface area (TPSA) is 98.4 Å². The van der Waals surface area contributed by atoms with Crippen molar-refractivity contribution < 1.29 is 18.8 Å². The molecule has 0 aliphatic carbocycles. The minimum absolute atomic E-state index is 0.0351. The highest BCUT2D eigenvalue weighted by Crippen LogP contribution is 2.52. The molecule has 2 aliphatic rings. The van der Waals surface area contributed by atoms with Crippen LogP contribution in [0.2, 0.25) is 0 Å². The van der Waals surface area contributed by atoms with Gasteiger partial charge in [-0.2, -0.15) is 0 Å². The van der Waals surface area contributed by atoms with Crippen molar-refractivity contribution in [2.24, 2.45) is 5.41 Å². The van der Waals surface area contributed by atoms with Gasteiger partial charge in [-0.1, -0.05) is 5.16 Å². The van der Waals surface area contributed by atoms with E-state index < -0.39 is 5.41 Å². The Morgan fingerprint density at radius 3 is 3.07 bits per heavy atom. The molecule has 2 aliphatic heterocycles. The van der Waals surface area contributed by atoms with E-state index in [-0.39, 0.29) is 29.7 Å². The van der Waals surface area contributed by atoms with Crippen LogP contribution in [0.4, 0.5) is 0 Å². The van der Waals surface area contributed by atoms with E-state index in [1.165, 1.54) is 18.4 Å². The summed E-state index contributed by atoms with van der Waals surface area (Å²) >= 11 is 1.49. The first kappa shape index (κ1) is 17.3. The highest BCUT2D eigenvalue weighted by atomic mass is 32.1. The highest BCUT2D eigenvalue weighted by Gasteiger charge is 2.62. The molecule has 0 spiro atoms. The quantitative estimate of drug-likeness (QED) is 0.623. The van der Waals surface area contributed by atoms with E-state index in [0.717, 1.165) is 18.5 Å². The van der Waals surface area contributed by atoms with Gasteiger partial charge in [0.05, 0.1) is 29.1 Å². The summed E-state index contributed by atoms with van der Waals surface area (Å²) in [5.41, 5.74) is 2.23. The fraction of sp³-hybridized carbons (Fsp3) is 0.421. The molecule has 144 valence electrons. The molecule has 3 aromatic heterocycles. The van der Waals surface area contributed by atoms with Crippen molar-refractivity contribution in [1.29, 1.82) is 0 Å². The van der Waals surface area contributed by atoms with E-state index in [1.807, 2.05) is 5.38 Å². The minimum atomic E-state index is -0.782. The molecule has 5 rings (SSSR count). The van der Waals surface area contributed by atoms with E-state index in [9.17, 15) is 9.59 Å². The molecule has 0 radical (unpaired) electrons. The van der Waals surface area contributed by atoms with Crippen LogP contribution in [0.1, 0.15) is 35.5 Å². The Hall–Kier alpha value is -2.81. The van der Waals surface area contributed by atoms with Crippen molar-refractivity contribution in [2.45, 2.75) is 37.8 Å². The van der Waals surface area contributed by atoms with Crippen molar-refractivity contribution in [3.63, 3.8) is 0 Å². The fourth-order valence-corrected chi connectivity index (χ4v) is 5.44. The average Bonchev–Trinajstić information content (AvgIpc) is 3.49. The molecule has 9 heteroatoms. The second-order valence-corrected chi connectivity index (χ2v) is 8.07. The van der Waals surface area contributed by atoms with Crippen molar-refractivity contribution in [3.05, 3.63) is 40.7 Å². The van der Waals surface area contributed by atoms with Crippen LogP contribution in [0, 0.1) is 5.41 Å². The molecule has 3 aromatic rings. The number of esters is 1. The van der Waals surface area contributed by atoms with Crippen LogP contribution in [0.15, 0.2) is 33.7 Å². The summed E-state index contributed by atoms with van der Waals surface area (Å²) in [5, 5.41) is 6.42. The summed E-state index contributed by atoms with van der Waals surface area (Å²) in [6, 6.07) is 3.23. The normalized spacial score (nSPS) is 26.1. The lowest BCUT2D eigenvalue weighted by molar-refractivity contribution is -0.154. The first-order valence-electron chi connectivity index (χ1n) is 9.12. The van der Waals surface area contributed by atoms with E-state index in [0.29, 0.717) is 23.9 Å². The average molecular weight is 398 g/mol. The van der Waals surface area contributed by atoms with Crippen LogP contribution in [-0.2, 0) is 16.0 Å². The third-order valence-electron chi connectivity index (χ3n) is 6.00. The zero-order valence-electron chi connectivity index (χ0n) is 15.2. The molecular weight excluding hydrogens is 380 g/mol. The van der Waals surface area contributed by atoms with Gasteiger partial charge in [-0.05, 0) is 31.4 Å². The first-order chi connectivity index (χ1) is 13.6. The predicted molar refractivity (Wildman–Crippen MR) is 99.7 cm³/mol. The summed E-state index contributed by atoms with van der Waals surface area (Å²) in [5.74, 6) is -0.351. The van der Waals surface area contributed by atoms with E-state index in [4.69, 9.17) is 9.26 Å². The molecule has 8 nitrogen and oxygen atoms in total. The maximum absolute atomic E-state index is 13.4. The maximum Gasteiger partial charge on any atom is 0.314 e. The maximum atomic E-state index is 13.4. The van der Waals surface area contributed by atoms with Crippen molar-refractivity contribution >= 4 is 34.2 Å². The van der Waals surface area contributed by atoms with E-state index in [1.54, 1.807) is 28.7 Å². The molecule has 28 heavy (non-hydrogen) atoms. The van der Waals surface area contributed by atoms with Crippen molar-refractivity contribution in [2.75, 3.05) is 7.11 Å². The fourth-order valence-electron chi connectivity index (χ4n) is 4.88. The van der Waals surface area contributed by atoms with E-state index in [2.05, 4.69) is 15.1 Å². The van der Waals surface area contributed by atoms with Gasteiger partial charge in [-0.15, -0.1) is 11.3 Å². The number of hydrogen-bond donors (Lipinski definition) is 0. The third-order valence-corrected chi connectivity index (χ3v) is 6.63. The molecule has 2 bridgehead atoms. The lowest BCUT2D eigenvalue weighted by Gasteiger charge is -2.34. The van der Waals surface area contributed by atoms with Gasteiger partial charge in [0.15, 0.2) is 0 Å². The van der Waals surface area contributed by atoms with Crippen LogP contribution in [0.5, 0.6) is 0 Å². The van der Waals surface area contributed by atoms with Gasteiger partial charge < -0.3 is 14.2 Å². The molecule has 0 aromatic carbocycles. The lowest BCUT2D eigenvalue weighted by atomic mass is 9.71. The second-order valence-electron chi connectivity index (χ2n) is 7.35. The number of aromatic nitrogens is 3. The Labute approximate surface area is 164 Å². The van der Waals surface area contributed by atoms with Gasteiger partial charge in [0.25, 0.3) is 5.91 Å². The number of rotatable bonds is 4. The van der Waals surface area contributed by atoms with E-state index >= 15 is 0 Å². The highest BCUT2D eigenvalue weighted by molar-refractivity contribution is 7.07. The summed E-state index contributed by atoms with van der Waals surface area (Å²) in [7, 11) is 1.40. The number of carbonyl (C=O) groups excluding carboxylic acids is 2. The Bertz CT molecular complexity index is 1050. The van der Waals surface area contributed by atoms with Crippen molar-refractivity contribution in [3.8, 4) is 0 Å². The van der Waals surface area contributed by atoms with Crippen molar-refractivity contribution in [1.82, 2.24) is 20.0 Å². The molecule has 0 N–H and O–H groups in total. The number of ether oxygens (including phenoxy) is 1. The molecule has 2 saturated heterocycles. The monoisotopic (exact) mass is 398 g/mol. The van der Waals surface area contributed by atoms with Crippen LogP contribution >= 0.6 is 11.3 Å². The second kappa shape index (κ2) is 6.37. The number of methoxy groups -OCH3 is 1. The molecule has 2 fully saturated rings. The molecular formula is C19H18N4O4S. The van der Waals surface area contributed by atoms with Gasteiger partial charge >= 0.3 is 5.97 Å². The number of nitrogens with zero attached hydrogens (tertiary/aromatic N) is 4. The number of fused-ring (bicyclic) bond motifs is 3. The summed E-state index contributed by atoms with van der Waals surface area (Å²) < 4.78 is 10.5. The summed E-state index contributed by atoms with van der Waals surface area (Å²) in [6.07, 6.45) is 4.25. The molecule has 5 heterocycles. The lowest BCUT2D eigenvalue weighted by Crippen LogP contribution is -2.47. The number of thiazole rings is 1. The zero-order valence-corrected chi connectivity index (χ0v) is 16.0. The smallest absolute Gasteiger partial charge is 0.314 e. The first-order valence-corrected chi connectivity index (χ1v) is 10.1. The summed E-state index contributed by atoms with van der Waals surface area (Å²) in [6.45, 7) is 0. The molecule has 0 unspecified atom stereocenters. The van der Waals surface area contributed by atoms with Gasteiger partial charge in [0.1, 0.15) is 0 Å². The SMILES string of the molecule is COC(=O)[C@@]1(Cc2cscn2)C[C@H]2CC[C@@H]1N2C(=O)c1onc2ncccc12. The minimum Gasteiger partial charge on any atom is -0.469 e. The van der Waals surface area contributed by atoms with Crippen LogP contribution in [0.3, 0.4) is 0 Å². The van der Waals surface area contributed by atoms with Crippen LogP contribution in [0.25, 0.3) is 11.0 Å². The molecule has 1 amide bonds. The Balaban J connectivity index is 1.53. The number of hydrogen-bond acceptors (Lipinski definition) is 8. The van der Waals surface area contributed by atoms with Gasteiger partial charge in [-0.3, -0.25) is 9.59 Å². The molecule has 3 atom stereocenters. The van der Waals surface area contributed by atoms with Gasteiger partial charge in [0, 0.05) is 30.1 Å². The standard InChI is InChI=1S/C19H18N4O4S/c1-26-18(25)19(7-11-9-28-10-21-11)8-12-4-5-14(19)23(12)17(24)15-13-3-2-6-20-16(13)22-27-15/h2-3,6,9-10,12,14H,4-5,7-8H2,1H3/t12-,14+,19+/m1/s1. The predicted octanol–water partition coefficient (Wildman–Crippen LogP) is 2.46. The summed E-state index contributed by atoms with van der Waals surface area (Å²) in [4.78, 5) is 36.6. The Morgan fingerprint density at radius 1 is 1.39 bits per heavy atom. The Morgan fingerprint density at radius 2 is 2.29 bits per heavy atom. The van der Waals surface area contributed by atoms with Gasteiger partial charge in [0.2, 0.25) is 11.4 Å². The molecule has 0 saturated carbocycles. The third kappa shape index (κ3) is 2.39. The number of pyridine rings is 1. The number of amides is 1. The van der Waals surface area contributed by atoms with Crippen LogP contribution < -0.4 is 0 Å². The van der Waals surface area contributed by atoms with Crippen LogP contribution in [-0.4, -0.2) is 51.1 Å². The zero-order chi connectivity index (χ0) is 19.3. The van der Waals surface area contributed by atoms with Gasteiger partial charge in [-0.25, -0.2) is 9.97 Å². The largest absolute Gasteiger partial charge is 0.469 e. The Kier molecular flexibility index (Phi) is 3.94.